The Bertz CT molecular complexity index is 478. The molecule has 6 nitrogen and oxygen atoms in total. The van der Waals surface area contributed by atoms with Crippen molar-refractivity contribution in [3.63, 3.8) is 0 Å². The number of carbonyl (C=O) groups excluding carboxylic acids is 2. The van der Waals surface area contributed by atoms with E-state index in [1.165, 1.54) is 0 Å². The second kappa shape index (κ2) is 4.20. The third kappa shape index (κ3) is 2.02. The minimum Gasteiger partial charge on any atom is -0.310 e. The minimum atomic E-state index is -0.0935. The number of aromatic nitrogens is 2. The number of aryl methyl sites for hydroxylation is 1. The molecule has 1 aliphatic rings. The summed E-state index contributed by atoms with van der Waals surface area (Å²) in [5, 5.41) is 9.77. The van der Waals surface area contributed by atoms with Crippen molar-refractivity contribution >= 4 is 23.5 Å². The summed E-state index contributed by atoms with van der Waals surface area (Å²) in [7, 11) is 1.75. The molecule has 92 valence electrons. The van der Waals surface area contributed by atoms with Crippen LogP contribution >= 0.6 is 0 Å². The number of hydrogen-bond donors (Lipinski definition) is 2. The molecule has 2 rings (SSSR count). The van der Waals surface area contributed by atoms with Gasteiger partial charge in [-0.1, -0.05) is 13.8 Å². The van der Waals surface area contributed by atoms with Crippen LogP contribution in [0.15, 0.2) is 0 Å². The van der Waals surface area contributed by atoms with Crippen LogP contribution in [-0.2, 0) is 23.1 Å². The quantitative estimate of drug-likeness (QED) is 0.801. The van der Waals surface area contributed by atoms with E-state index >= 15 is 0 Å². The highest BCUT2D eigenvalue weighted by Crippen LogP contribution is 2.30. The number of nitrogens with zero attached hydrogens (tertiary/aromatic N) is 2. The van der Waals surface area contributed by atoms with Gasteiger partial charge in [-0.2, -0.15) is 5.10 Å². The maximum atomic E-state index is 11.6. The van der Waals surface area contributed by atoms with E-state index in [2.05, 4.69) is 15.7 Å². The Balaban J connectivity index is 2.34. The van der Waals surface area contributed by atoms with E-state index in [-0.39, 0.29) is 17.7 Å². The Hall–Kier alpha value is -1.85. The van der Waals surface area contributed by atoms with Crippen molar-refractivity contribution in [3.05, 3.63) is 5.56 Å². The Morgan fingerprint density at radius 3 is 3.00 bits per heavy atom. The van der Waals surface area contributed by atoms with Gasteiger partial charge in [-0.3, -0.25) is 14.3 Å². The zero-order chi connectivity index (χ0) is 12.6. The van der Waals surface area contributed by atoms with Crippen LogP contribution in [0.5, 0.6) is 0 Å². The van der Waals surface area contributed by atoms with Crippen LogP contribution in [0.4, 0.5) is 11.6 Å². The highest BCUT2D eigenvalue weighted by molar-refractivity contribution is 5.97. The van der Waals surface area contributed by atoms with Crippen molar-refractivity contribution in [1.82, 2.24) is 9.78 Å². The van der Waals surface area contributed by atoms with E-state index in [0.29, 0.717) is 24.5 Å². The first kappa shape index (κ1) is 11.6. The second-order valence-electron chi connectivity index (χ2n) is 4.30. The van der Waals surface area contributed by atoms with Crippen LogP contribution < -0.4 is 10.6 Å². The van der Waals surface area contributed by atoms with Crippen LogP contribution in [0.25, 0.3) is 0 Å². The number of hydrogen-bond acceptors (Lipinski definition) is 3. The highest BCUT2D eigenvalue weighted by atomic mass is 16.2. The Morgan fingerprint density at radius 2 is 2.35 bits per heavy atom. The van der Waals surface area contributed by atoms with Crippen molar-refractivity contribution in [1.29, 1.82) is 0 Å². The van der Waals surface area contributed by atoms with Gasteiger partial charge in [-0.05, 0) is 6.42 Å². The number of rotatable bonds is 2. The molecule has 1 aliphatic heterocycles. The van der Waals surface area contributed by atoms with Crippen molar-refractivity contribution in [2.45, 2.75) is 26.7 Å². The van der Waals surface area contributed by atoms with E-state index in [0.717, 1.165) is 5.56 Å². The molecule has 17 heavy (non-hydrogen) atoms. The average molecular weight is 236 g/mol. The van der Waals surface area contributed by atoms with Crippen LogP contribution in [0.2, 0.25) is 0 Å². The highest BCUT2D eigenvalue weighted by Gasteiger charge is 2.28. The molecule has 0 saturated carbocycles. The molecule has 0 aliphatic carbocycles. The van der Waals surface area contributed by atoms with Gasteiger partial charge in [0.25, 0.3) is 0 Å². The fraction of sp³-hybridized carbons (Fsp3) is 0.545. The van der Waals surface area contributed by atoms with E-state index in [1.54, 1.807) is 18.7 Å². The SMILES string of the molecule is CCC(=O)Nc1nn(C)c2c1C[C@@H](C)C(=O)N2. The van der Waals surface area contributed by atoms with Gasteiger partial charge in [-0.15, -0.1) is 0 Å². The molecule has 6 heteroatoms. The van der Waals surface area contributed by atoms with Gasteiger partial charge in [0, 0.05) is 24.9 Å². The molecule has 0 aromatic carbocycles. The van der Waals surface area contributed by atoms with Crippen molar-refractivity contribution in [2.24, 2.45) is 13.0 Å². The smallest absolute Gasteiger partial charge is 0.228 e. The summed E-state index contributed by atoms with van der Waals surface area (Å²) in [5.74, 6) is 1.06. The number of anilines is 2. The lowest BCUT2D eigenvalue weighted by Crippen LogP contribution is -2.28. The predicted octanol–water partition coefficient (Wildman–Crippen LogP) is 0.899. The van der Waals surface area contributed by atoms with E-state index in [4.69, 9.17) is 0 Å². The molecule has 1 atom stereocenters. The first-order valence-corrected chi connectivity index (χ1v) is 5.69. The summed E-state index contributed by atoms with van der Waals surface area (Å²) in [4.78, 5) is 22.9. The van der Waals surface area contributed by atoms with E-state index in [9.17, 15) is 9.59 Å². The maximum Gasteiger partial charge on any atom is 0.228 e. The molecular formula is C11H16N4O2. The van der Waals surface area contributed by atoms with E-state index < -0.39 is 0 Å². The standard InChI is InChI=1S/C11H16N4O2/c1-4-8(16)12-9-7-5-6(2)11(17)13-10(7)15(3)14-9/h6H,4-5H2,1-3H3,(H,13,17)(H,12,14,16)/t6-/m1/s1. The third-order valence-electron chi connectivity index (χ3n) is 2.92. The first-order chi connectivity index (χ1) is 8.02. The number of carbonyl (C=O) groups is 2. The van der Waals surface area contributed by atoms with Gasteiger partial charge in [0.2, 0.25) is 11.8 Å². The number of amides is 2. The third-order valence-corrected chi connectivity index (χ3v) is 2.92. The molecule has 1 aromatic heterocycles. The lowest BCUT2D eigenvalue weighted by Gasteiger charge is -2.19. The zero-order valence-corrected chi connectivity index (χ0v) is 10.2. The molecular weight excluding hydrogens is 220 g/mol. The van der Waals surface area contributed by atoms with Crippen LogP contribution in [0.1, 0.15) is 25.8 Å². The molecule has 2 N–H and O–H groups in total. The summed E-state index contributed by atoms with van der Waals surface area (Å²) in [6.07, 6.45) is 1.02. The van der Waals surface area contributed by atoms with Crippen molar-refractivity contribution in [3.8, 4) is 0 Å². The Morgan fingerprint density at radius 1 is 1.65 bits per heavy atom. The summed E-state index contributed by atoms with van der Waals surface area (Å²) >= 11 is 0. The molecule has 2 heterocycles. The summed E-state index contributed by atoms with van der Waals surface area (Å²) in [6.45, 7) is 3.64. The van der Waals surface area contributed by atoms with Crippen molar-refractivity contribution in [2.75, 3.05) is 10.6 Å². The monoisotopic (exact) mass is 236 g/mol. The molecule has 1 aromatic rings. The van der Waals surface area contributed by atoms with Gasteiger partial charge in [0.05, 0.1) is 0 Å². The minimum absolute atomic E-state index is 0.00568. The first-order valence-electron chi connectivity index (χ1n) is 5.69. The second-order valence-corrected chi connectivity index (χ2v) is 4.30. The molecule has 0 unspecified atom stereocenters. The van der Waals surface area contributed by atoms with Gasteiger partial charge >= 0.3 is 0 Å². The summed E-state index contributed by atoms with van der Waals surface area (Å²) in [5.41, 5.74) is 0.904. The molecule has 0 spiro atoms. The van der Waals surface area contributed by atoms with Gasteiger partial charge in [0.15, 0.2) is 5.82 Å². The molecule has 0 saturated heterocycles. The topological polar surface area (TPSA) is 76.0 Å². The Labute approximate surface area is 99.4 Å². The van der Waals surface area contributed by atoms with Crippen LogP contribution in [0.3, 0.4) is 0 Å². The fourth-order valence-corrected chi connectivity index (χ4v) is 1.88. The predicted molar refractivity (Wildman–Crippen MR) is 63.6 cm³/mol. The summed E-state index contributed by atoms with van der Waals surface area (Å²) < 4.78 is 1.59. The average Bonchev–Trinajstić information content (AvgIpc) is 2.57. The summed E-state index contributed by atoms with van der Waals surface area (Å²) in [6, 6.07) is 0. The molecule has 0 bridgehead atoms. The van der Waals surface area contributed by atoms with E-state index in [1.807, 2.05) is 6.92 Å². The lowest BCUT2D eigenvalue weighted by molar-refractivity contribution is -0.119. The maximum absolute atomic E-state index is 11.6. The number of fused-ring (bicyclic) bond motifs is 1. The van der Waals surface area contributed by atoms with Gasteiger partial charge in [-0.25, -0.2) is 0 Å². The molecule has 0 fully saturated rings. The fourth-order valence-electron chi connectivity index (χ4n) is 1.88. The normalized spacial score (nSPS) is 18.5. The molecule has 2 amide bonds. The van der Waals surface area contributed by atoms with Gasteiger partial charge < -0.3 is 10.6 Å². The zero-order valence-electron chi connectivity index (χ0n) is 10.2. The Kier molecular flexibility index (Phi) is 2.87. The molecule has 0 radical (unpaired) electrons. The van der Waals surface area contributed by atoms with Crippen LogP contribution in [0, 0.1) is 5.92 Å². The van der Waals surface area contributed by atoms with Crippen LogP contribution in [-0.4, -0.2) is 21.6 Å². The number of nitrogens with one attached hydrogen (secondary N) is 2. The largest absolute Gasteiger partial charge is 0.310 e. The van der Waals surface area contributed by atoms with Crippen molar-refractivity contribution < 1.29 is 9.59 Å². The van der Waals surface area contributed by atoms with Gasteiger partial charge in [0.1, 0.15) is 5.82 Å². The lowest BCUT2D eigenvalue weighted by atomic mass is 9.98.